The third kappa shape index (κ3) is 3.03. The summed E-state index contributed by atoms with van der Waals surface area (Å²) in [6.07, 6.45) is 0. The molecule has 0 saturated carbocycles. The summed E-state index contributed by atoms with van der Waals surface area (Å²) >= 11 is 0. The molecule has 3 nitrogen and oxygen atoms in total. The van der Waals surface area contributed by atoms with Crippen LogP contribution in [0.15, 0.2) is 24.3 Å². The van der Waals surface area contributed by atoms with Crippen LogP contribution in [0.2, 0.25) is 0 Å². The molecule has 1 aromatic carbocycles. The van der Waals surface area contributed by atoms with Gasteiger partial charge in [-0.2, -0.15) is 0 Å². The van der Waals surface area contributed by atoms with Crippen molar-refractivity contribution < 1.29 is 4.74 Å². The highest BCUT2D eigenvalue weighted by atomic mass is 16.5. The second-order valence-electron chi connectivity index (χ2n) is 5.38. The summed E-state index contributed by atoms with van der Waals surface area (Å²) in [7, 11) is 3.84. The first-order chi connectivity index (χ1) is 8.45. The van der Waals surface area contributed by atoms with Crippen molar-refractivity contribution >= 4 is 0 Å². The molecule has 1 unspecified atom stereocenters. The van der Waals surface area contributed by atoms with E-state index in [1.807, 2.05) is 18.2 Å². The Bertz CT molecular complexity index is 379. The molecule has 0 radical (unpaired) electrons. The zero-order chi connectivity index (χ0) is 13.8. The lowest BCUT2D eigenvalue weighted by Gasteiger charge is -2.41. The molecular formula is C15H26N2O. The number of rotatable bonds is 6. The second-order valence-corrected chi connectivity index (χ2v) is 5.38. The van der Waals surface area contributed by atoms with Crippen molar-refractivity contribution in [3.63, 3.8) is 0 Å². The lowest BCUT2D eigenvalue weighted by Crippen LogP contribution is -2.53. The Labute approximate surface area is 111 Å². The Morgan fingerprint density at radius 1 is 1.33 bits per heavy atom. The van der Waals surface area contributed by atoms with Crippen LogP contribution in [0.3, 0.4) is 0 Å². The van der Waals surface area contributed by atoms with Gasteiger partial charge in [0.15, 0.2) is 0 Å². The zero-order valence-corrected chi connectivity index (χ0v) is 12.2. The first-order valence-electron chi connectivity index (χ1n) is 6.49. The molecule has 0 fully saturated rings. The average Bonchev–Trinajstić information content (AvgIpc) is 2.37. The van der Waals surface area contributed by atoms with E-state index >= 15 is 0 Å². The molecule has 0 bridgehead atoms. The number of methoxy groups -OCH3 is 1. The maximum Gasteiger partial charge on any atom is 0.123 e. The fourth-order valence-corrected chi connectivity index (χ4v) is 2.10. The van der Waals surface area contributed by atoms with E-state index in [2.05, 4.69) is 38.8 Å². The maximum atomic E-state index is 5.96. The van der Waals surface area contributed by atoms with Gasteiger partial charge in [0, 0.05) is 24.2 Å². The maximum absolute atomic E-state index is 5.96. The molecule has 0 aliphatic carbocycles. The lowest BCUT2D eigenvalue weighted by molar-refractivity contribution is 0.0870. The normalized spacial score (nSPS) is 14.9. The topological polar surface area (TPSA) is 38.5 Å². The van der Waals surface area contributed by atoms with Crippen molar-refractivity contribution in [2.45, 2.75) is 32.9 Å². The van der Waals surface area contributed by atoms with Gasteiger partial charge in [0.1, 0.15) is 5.75 Å². The van der Waals surface area contributed by atoms with Gasteiger partial charge in [-0.1, -0.05) is 32.0 Å². The number of ether oxygens (including phenoxy) is 1. The molecule has 18 heavy (non-hydrogen) atoms. The van der Waals surface area contributed by atoms with Crippen LogP contribution in [-0.2, 0) is 6.54 Å². The van der Waals surface area contributed by atoms with E-state index in [1.54, 1.807) is 7.11 Å². The standard InChI is InChI=1S/C15H26N2O/c1-12(2)15(3,11-16)17(4)10-13-8-6-7-9-14(13)18-5/h6-9,12H,10-11,16H2,1-5H3. The molecular weight excluding hydrogens is 224 g/mol. The van der Waals surface area contributed by atoms with Gasteiger partial charge < -0.3 is 10.5 Å². The van der Waals surface area contributed by atoms with Gasteiger partial charge in [-0.05, 0) is 26.0 Å². The first-order valence-corrected chi connectivity index (χ1v) is 6.49. The van der Waals surface area contributed by atoms with Gasteiger partial charge >= 0.3 is 0 Å². The van der Waals surface area contributed by atoms with E-state index in [-0.39, 0.29) is 5.54 Å². The predicted octanol–water partition coefficient (Wildman–Crippen LogP) is 2.50. The van der Waals surface area contributed by atoms with Gasteiger partial charge in [-0.3, -0.25) is 4.90 Å². The molecule has 1 atom stereocenters. The van der Waals surface area contributed by atoms with Crippen LogP contribution < -0.4 is 10.5 Å². The van der Waals surface area contributed by atoms with Gasteiger partial charge in [0.2, 0.25) is 0 Å². The Kier molecular flexibility index (Phi) is 5.17. The Balaban J connectivity index is 2.89. The summed E-state index contributed by atoms with van der Waals surface area (Å²) in [4.78, 5) is 2.32. The summed E-state index contributed by atoms with van der Waals surface area (Å²) < 4.78 is 5.40. The third-order valence-electron chi connectivity index (χ3n) is 4.13. The Hall–Kier alpha value is -1.06. The van der Waals surface area contributed by atoms with E-state index < -0.39 is 0 Å². The number of likely N-dealkylation sites (N-methyl/N-ethyl adjacent to an activating group) is 1. The second kappa shape index (κ2) is 6.21. The molecule has 3 heteroatoms. The summed E-state index contributed by atoms with van der Waals surface area (Å²) in [6, 6.07) is 8.14. The van der Waals surface area contributed by atoms with Gasteiger partial charge in [-0.25, -0.2) is 0 Å². The molecule has 0 spiro atoms. The summed E-state index contributed by atoms with van der Waals surface area (Å²) in [5, 5.41) is 0. The molecule has 0 heterocycles. The van der Waals surface area contributed by atoms with E-state index in [1.165, 1.54) is 5.56 Å². The van der Waals surface area contributed by atoms with Crippen molar-refractivity contribution in [3.05, 3.63) is 29.8 Å². The van der Waals surface area contributed by atoms with Crippen molar-refractivity contribution in [3.8, 4) is 5.75 Å². The third-order valence-corrected chi connectivity index (χ3v) is 4.13. The van der Waals surface area contributed by atoms with Crippen LogP contribution in [-0.4, -0.2) is 31.1 Å². The van der Waals surface area contributed by atoms with Crippen LogP contribution in [0.1, 0.15) is 26.3 Å². The van der Waals surface area contributed by atoms with Crippen LogP contribution in [0.25, 0.3) is 0 Å². The van der Waals surface area contributed by atoms with E-state index in [9.17, 15) is 0 Å². The molecule has 102 valence electrons. The number of benzene rings is 1. The van der Waals surface area contributed by atoms with E-state index in [0.29, 0.717) is 12.5 Å². The van der Waals surface area contributed by atoms with Gasteiger partial charge in [0.05, 0.1) is 7.11 Å². The zero-order valence-electron chi connectivity index (χ0n) is 12.2. The number of hydrogen-bond acceptors (Lipinski definition) is 3. The molecule has 0 saturated heterocycles. The van der Waals surface area contributed by atoms with E-state index in [0.717, 1.165) is 12.3 Å². The van der Waals surface area contributed by atoms with Crippen molar-refractivity contribution in [1.82, 2.24) is 4.90 Å². The predicted molar refractivity (Wildman–Crippen MR) is 76.8 cm³/mol. The summed E-state index contributed by atoms with van der Waals surface area (Å²) in [5.41, 5.74) is 7.16. The fraction of sp³-hybridized carbons (Fsp3) is 0.600. The number of nitrogens with two attached hydrogens (primary N) is 1. The molecule has 1 aromatic rings. The highest BCUT2D eigenvalue weighted by molar-refractivity contribution is 5.33. The Morgan fingerprint density at radius 3 is 2.44 bits per heavy atom. The number of hydrogen-bond donors (Lipinski definition) is 1. The van der Waals surface area contributed by atoms with Crippen molar-refractivity contribution in [1.29, 1.82) is 0 Å². The first kappa shape index (κ1) is 15.0. The van der Waals surface area contributed by atoms with Crippen molar-refractivity contribution in [2.75, 3.05) is 20.7 Å². The van der Waals surface area contributed by atoms with Crippen LogP contribution >= 0.6 is 0 Å². The lowest BCUT2D eigenvalue weighted by atomic mass is 9.86. The highest BCUT2D eigenvalue weighted by Crippen LogP contribution is 2.26. The fourth-order valence-electron chi connectivity index (χ4n) is 2.10. The summed E-state index contributed by atoms with van der Waals surface area (Å²) in [5.74, 6) is 1.44. The molecule has 0 aliphatic rings. The van der Waals surface area contributed by atoms with Gasteiger partial charge in [0.25, 0.3) is 0 Å². The molecule has 0 aromatic heterocycles. The smallest absolute Gasteiger partial charge is 0.123 e. The van der Waals surface area contributed by atoms with Crippen LogP contribution in [0.5, 0.6) is 5.75 Å². The molecule has 0 aliphatic heterocycles. The monoisotopic (exact) mass is 250 g/mol. The minimum Gasteiger partial charge on any atom is -0.496 e. The largest absolute Gasteiger partial charge is 0.496 e. The SMILES string of the molecule is COc1ccccc1CN(C)C(C)(CN)C(C)C. The minimum atomic E-state index is 0.000846. The average molecular weight is 250 g/mol. The molecule has 0 amide bonds. The molecule has 2 N–H and O–H groups in total. The van der Waals surface area contributed by atoms with Crippen LogP contribution in [0, 0.1) is 5.92 Å². The minimum absolute atomic E-state index is 0.000846. The number of nitrogens with zero attached hydrogens (tertiary/aromatic N) is 1. The van der Waals surface area contributed by atoms with Crippen molar-refractivity contribution in [2.24, 2.45) is 11.7 Å². The quantitative estimate of drug-likeness (QED) is 0.843. The van der Waals surface area contributed by atoms with E-state index in [4.69, 9.17) is 10.5 Å². The Morgan fingerprint density at radius 2 is 1.94 bits per heavy atom. The summed E-state index contributed by atoms with van der Waals surface area (Å²) in [6.45, 7) is 8.14. The molecule has 1 rings (SSSR count). The number of para-hydroxylation sites is 1. The van der Waals surface area contributed by atoms with Gasteiger partial charge in [-0.15, -0.1) is 0 Å². The highest BCUT2D eigenvalue weighted by Gasteiger charge is 2.31. The van der Waals surface area contributed by atoms with Crippen LogP contribution in [0.4, 0.5) is 0 Å².